The summed E-state index contributed by atoms with van der Waals surface area (Å²) >= 11 is 5.96. The van der Waals surface area contributed by atoms with Crippen LogP contribution in [-0.4, -0.2) is 66.7 Å². The molecule has 9 nitrogen and oxygen atoms in total. The molecular formula is C31H34ClN5O4S. The van der Waals surface area contributed by atoms with Crippen LogP contribution in [0.5, 0.6) is 0 Å². The summed E-state index contributed by atoms with van der Waals surface area (Å²) in [5, 5.41) is 3.74. The highest BCUT2D eigenvalue weighted by atomic mass is 35.5. The van der Waals surface area contributed by atoms with Crippen molar-refractivity contribution in [2.75, 3.05) is 30.1 Å². The molecule has 0 bridgehead atoms. The first kappa shape index (κ1) is 29.9. The molecule has 220 valence electrons. The smallest absolute Gasteiger partial charge is 0.251 e. The fourth-order valence-corrected chi connectivity index (χ4v) is 6.52. The number of aromatic nitrogens is 3. The number of hydrogen-bond acceptors (Lipinski definition) is 8. The predicted octanol–water partition coefficient (Wildman–Crippen LogP) is 4.73. The summed E-state index contributed by atoms with van der Waals surface area (Å²) in [6.45, 7) is 7.54. The van der Waals surface area contributed by atoms with E-state index < -0.39 is 15.7 Å². The van der Waals surface area contributed by atoms with Gasteiger partial charge in [-0.3, -0.25) is 9.78 Å². The highest BCUT2D eigenvalue weighted by molar-refractivity contribution is 7.90. The minimum absolute atomic E-state index is 0.127. The van der Waals surface area contributed by atoms with E-state index in [0.717, 1.165) is 47.5 Å². The molecule has 2 atom stereocenters. The Bertz CT molecular complexity index is 1740. The van der Waals surface area contributed by atoms with Crippen molar-refractivity contribution in [2.24, 2.45) is 0 Å². The van der Waals surface area contributed by atoms with Crippen molar-refractivity contribution in [1.82, 2.24) is 20.3 Å². The van der Waals surface area contributed by atoms with Crippen LogP contribution in [0.1, 0.15) is 41.0 Å². The molecule has 5 rings (SSSR count). The van der Waals surface area contributed by atoms with Crippen LogP contribution in [0, 0.1) is 6.92 Å². The minimum Gasteiger partial charge on any atom is -0.372 e. The van der Waals surface area contributed by atoms with Crippen molar-refractivity contribution in [3.63, 3.8) is 0 Å². The molecule has 1 fully saturated rings. The second-order valence-corrected chi connectivity index (χ2v) is 13.1. The van der Waals surface area contributed by atoms with Crippen molar-refractivity contribution in [3.05, 3.63) is 77.1 Å². The Labute approximate surface area is 251 Å². The van der Waals surface area contributed by atoms with Gasteiger partial charge in [-0.1, -0.05) is 12.1 Å². The number of carbonyl (C=O) groups is 1. The summed E-state index contributed by atoms with van der Waals surface area (Å²) < 4.78 is 30.4. The number of carbonyl (C=O) groups excluding carboxylic acids is 1. The van der Waals surface area contributed by atoms with Gasteiger partial charge in [-0.05, 0) is 74.7 Å². The van der Waals surface area contributed by atoms with Crippen molar-refractivity contribution in [1.29, 1.82) is 0 Å². The lowest BCUT2D eigenvalue weighted by Gasteiger charge is -2.36. The van der Waals surface area contributed by atoms with E-state index >= 15 is 0 Å². The molecule has 1 N–H and O–H groups in total. The van der Waals surface area contributed by atoms with Crippen LogP contribution in [0.3, 0.4) is 0 Å². The van der Waals surface area contributed by atoms with Gasteiger partial charge in [-0.25, -0.2) is 18.4 Å². The van der Waals surface area contributed by atoms with E-state index in [1.165, 1.54) is 6.07 Å². The van der Waals surface area contributed by atoms with Crippen LogP contribution in [-0.2, 0) is 27.5 Å². The molecule has 0 spiro atoms. The first-order valence-electron chi connectivity index (χ1n) is 13.8. The Morgan fingerprint density at radius 1 is 1.07 bits per heavy atom. The second-order valence-electron chi connectivity index (χ2n) is 10.8. The number of pyridine rings is 3. The largest absolute Gasteiger partial charge is 0.372 e. The van der Waals surface area contributed by atoms with Gasteiger partial charge in [0, 0.05) is 42.4 Å². The number of amides is 1. The van der Waals surface area contributed by atoms with Crippen LogP contribution in [0.25, 0.3) is 22.3 Å². The summed E-state index contributed by atoms with van der Waals surface area (Å²) in [4.78, 5) is 29.8. The molecule has 0 saturated carbocycles. The number of ether oxygens (including phenoxy) is 1. The fourth-order valence-electron chi connectivity index (χ4n) is 5.34. The average molecular weight is 608 g/mol. The average Bonchev–Trinajstić information content (AvgIpc) is 2.94. The number of hydrogen-bond donors (Lipinski definition) is 1. The Kier molecular flexibility index (Phi) is 8.77. The number of rotatable bonds is 8. The highest BCUT2D eigenvalue weighted by Gasteiger charge is 2.23. The van der Waals surface area contributed by atoms with Gasteiger partial charge in [-0.15, -0.1) is 11.6 Å². The number of anilines is 1. The normalized spacial score (nSPS) is 17.4. The van der Waals surface area contributed by atoms with Crippen LogP contribution in [0.15, 0.2) is 59.6 Å². The van der Waals surface area contributed by atoms with Crippen molar-refractivity contribution in [2.45, 2.75) is 50.8 Å². The molecular weight excluding hydrogens is 574 g/mol. The third-order valence-corrected chi connectivity index (χ3v) is 8.64. The van der Waals surface area contributed by atoms with Gasteiger partial charge in [0.15, 0.2) is 9.84 Å². The number of halogens is 1. The summed E-state index contributed by atoms with van der Waals surface area (Å²) in [7, 11) is -3.50. The van der Waals surface area contributed by atoms with E-state index in [1.807, 2.05) is 36.4 Å². The van der Waals surface area contributed by atoms with Crippen LogP contribution in [0.2, 0.25) is 0 Å². The maximum absolute atomic E-state index is 13.2. The number of aryl methyl sites for hydroxylation is 2. The van der Waals surface area contributed by atoms with Gasteiger partial charge in [0.1, 0.15) is 5.82 Å². The van der Waals surface area contributed by atoms with Gasteiger partial charge >= 0.3 is 0 Å². The zero-order valence-electron chi connectivity index (χ0n) is 24.1. The number of fused-ring (bicyclic) bond motifs is 1. The third-order valence-electron chi connectivity index (χ3n) is 7.21. The molecule has 1 saturated heterocycles. The molecule has 0 unspecified atom stereocenters. The number of alkyl halides is 1. The molecule has 4 aromatic rings. The standard InChI is InChI=1S/C31H34ClN5O4S/c1-19-12-22(10-11-32)25(14-29(19)42(4,39)40)31(38)34-16-24-13-28-23(15-33-24)8-9-27(35-28)26-6-5-7-30(36-26)37-17-20(2)41-21(3)18-37/h5-9,12-15,20-21H,10-11,16-18H2,1-4H3,(H,34,38)/t20-,21+. The van der Waals surface area contributed by atoms with E-state index in [2.05, 4.69) is 29.0 Å². The molecule has 1 aliphatic heterocycles. The number of nitrogens with zero attached hydrogens (tertiary/aromatic N) is 4. The molecule has 1 aromatic carbocycles. The molecule has 42 heavy (non-hydrogen) atoms. The van der Waals surface area contributed by atoms with E-state index in [-0.39, 0.29) is 29.2 Å². The maximum Gasteiger partial charge on any atom is 0.251 e. The van der Waals surface area contributed by atoms with Gasteiger partial charge in [-0.2, -0.15) is 0 Å². The van der Waals surface area contributed by atoms with Gasteiger partial charge < -0.3 is 15.0 Å². The number of nitrogens with one attached hydrogen (secondary N) is 1. The Hall–Kier alpha value is -3.60. The number of benzene rings is 1. The van der Waals surface area contributed by atoms with Crippen LogP contribution in [0.4, 0.5) is 5.82 Å². The quantitative estimate of drug-likeness (QED) is 0.286. The lowest BCUT2D eigenvalue weighted by atomic mass is 10.0. The first-order chi connectivity index (χ1) is 20.0. The molecule has 3 aromatic heterocycles. The topological polar surface area (TPSA) is 114 Å². The first-order valence-corrected chi connectivity index (χ1v) is 16.3. The van der Waals surface area contributed by atoms with Crippen molar-refractivity contribution < 1.29 is 17.9 Å². The SMILES string of the molecule is Cc1cc(CCCl)c(C(=O)NCc2cc3nc(-c4cccc(N5C[C@@H](C)O[C@@H](C)C5)n4)ccc3cn2)cc1S(C)(=O)=O. The number of sulfone groups is 1. The summed E-state index contributed by atoms with van der Waals surface area (Å²) in [5.41, 5.74) is 4.41. The zero-order valence-corrected chi connectivity index (χ0v) is 25.7. The van der Waals surface area contributed by atoms with Gasteiger partial charge in [0.25, 0.3) is 5.91 Å². The molecule has 11 heteroatoms. The van der Waals surface area contributed by atoms with Gasteiger partial charge in [0.05, 0.1) is 46.2 Å². The Balaban J connectivity index is 1.37. The maximum atomic E-state index is 13.2. The molecule has 0 radical (unpaired) electrons. The number of morpholine rings is 1. The summed E-state index contributed by atoms with van der Waals surface area (Å²) in [5.74, 6) is 0.801. The fraction of sp³-hybridized carbons (Fsp3) is 0.355. The minimum atomic E-state index is -3.50. The predicted molar refractivity (Wildman–Crippen MR) is 165 cm³/mol. The lowest BCUT2D eigenvalue weighted by Crippen LogP contribution is -2.45. The van der Waals surface area contributed by atoms with E-state index in [4.69, 9.17) is 26.3 Å². The van der Waals surface area contributed by atoms with Crippen LogP contribution >= 0.6 is 11.6 Å². The van der Waals surface area contributed by atoms with E-state index in [9.17, 15) is 13.2 Å². The monoisotopic (exact) mass is 607 g/mol. The lowest BCUT2D eigenvalue weighted by molar-refractivity contribution is -0.00545. The van der Waals surface area contributed by atoms with Crippen LogP contribution < -0.4 is 10.2 Å². The Morgan fingerprint density at radius 3 is 2.52 bits per heavy atom. The second kappa shape index (κ2) is 12.3. The third kappa shape index (κ3) is 6.72. The van der Waals surface area contributed by atoms with Crippen molar-refractivity contribution in [3.8, 4) is 11.4 Å². The van der Waals surface area contributed by atoms with Gasteiger partial charge in [0.2, 0.25) is 0 Å². The summed E-state index contributed by atoms with van der Waals surface area (Å²) in [6, 6.07) is 14.8. The molecule has 1 aliphatic rings. The van der Waals surface area contributed by atoms with E-state index in [1.54, 1.807) is 19.2 Å². The molecule has 4 heterocycles. The molecule has 0 aliphatic carbocycles. The summed E-state index contributed by atoms with van der Waals surface area (Å²) in [6.07, 6.45) is 3.55. The molecule has 1 amide bonds. The Morgan fingerprint density at radius 2 is 1.81 bits per heavy atom. The van der Waals surface area contributed by atoms with Crippen molar-refractivity contribution >= 4 is 44.1 Å². The zero-order chi connectivity index (χ0) is 30.0. The van der Waals surface area contributed by atoms with E-state index in [0.29, 0.717) is 29.1 Å². The highest BCUT2D eigenvalue weighted by Crippen LogP contribution is 2.25.